The molecule has 1 aromatic carbocycles. The molecule has 0 aliphatic carbocycles. The fourth-order valence-corrected chi connectivity index (χ4v) is 2.52. The summed E-state index contributed by atoms with van der Waals surface area (Å²) in [5, 5.41) is 4.62. The van der Waals surface area contributed by atoms with Gasteiger partial charge in [0.15, 0.2) is 0 Å². The summed E-state index contributed by atoms with van der Waals surface area (Å²) in [4.78, 5) is 0. The number of hydrogen-bond donors (Lipinski definition) is 1. The molecule has 2 nitrogen and oxygen atoms in total. The third kappa shape index (κ3) is 2.94. The van der Waals surface area contributed by atoms with Crippen LogP contribution in [0.25, 0.3) is 10.9 Å². The number of fused-ring (bicyclic) bond motifs is 1. The van der Waals surface area contributed by atoms with Gasteiger partial charge in [0.25, 0.3) is 0 Å². The van der Waals surface area contributed by atoms with Gasteiger partial charge in [-0.05, 0) is 43.3 Å². The van der Waals surface area contributed by atoms with Crippen molar-refractivity contribution in [3.05, 3.63) is 36.0 Å². The van der Waals surface area contributed by atoms with E-state index in [0.717, 1.165) is 19.0 Å². The van der Waals surface area contributed by atoms with Gasteiger partial charge in [0.2, 0.25) is 0 Å². The van der Waals surface area contributed by atoms with Gasteiger partial charge in [0.1, 0.15) is 0 Å². The van der Waals surface area contributed by atoms with Crippen LogP contribution in [0.5, 0.6) is 0 Å². The lowest BCUT2D eigenvalue weighted by Gasteiger charge is -2.11. The van der Waals surface area contributed by atoms with Gasteiger partial charge in [-0.2, -0.15) is 0 Å². The van der Waals surface area contributed by atoms with Gasteiger partial charge in [-0.15, -0.1) is 0 Å². The van der Waals surface area contributed by atoms with Gasteiger partial charge in [-0.3, -0.25) is 0 Å². The smallest absolute Gasteiger partial charge is 0.0482 e. The number of hydrogen-bond acceptors (Lipinski definition) is 1. The quantitative estimate of drug-likeness (QED) is 0.818. The van der Waals surface area contributed by atoms with Crippen molar-refractivity contribution in [1.82, 2.24) is 9.88 Å². The lowest BCUT2D eigenvalue weighted by Crippen LogP contribution is -2.11. The van der Waals surface area contributed by atoms with Gasteiger partial charge < -0.3 is 9.88 Å². The molecular weight excluding hydrogens is 220 g/mol. The Balaban J connectivity index is 2.24. The van der Waals surface area contributed by atoms with Crippen LogP contribution in [0.2, 0.25) is 0 Å². The number of nitrogens with zero attached hydrogens (tertiary/aromatic N) is 1. The summed E-state index contributed by atoms with van der Waals surface area (Å²) >= 11 is 0. The standard InChI is InChI=1S/C16H24N2/c1-13(2)7-6-10-18-15(12-17-3)11-14-8-4-5-9-16(14)18/h4-5,8-9,11,13,17H,6-7,10,12H2,1-3H3. The normalized spacial score (nSPS) is 11.6. The molecule has 0 atom stereocenters. The highest BCUT2D eigenvalue weighted by Crippen LogP contribution is 2.21. The van der Waals surface area contributed by atoms with E-state index >= 15 is 0 Å². The average molecular weight is 244 g/mol. The van der Waals surface area contributed by atoms with Crippen LogP contribution in [0.4, 0.5) is 0 Å². The van der Waals surface area contributed by atoms with Crippen LogP contribution in [0.15, 0.2) is 30.3 Å². The second kappa shape index (κ2) is 6.05. The molecule has 2 aromatic rings. The van der Waals surface area contributed by atoms with Crippen molar-refractivity contribution in [2.75, 3.05) is 7.05 Å². The molecule has 0 spiro atoms. The molecule has 2 heteroatoms. The Morgan fingerprint density at radius 1 is 1.22 bits per heavy atom. The molecule has 1 aromatic heterocycles. The summed E-state index contributed by atoms with van der Waals surface area (Å²) in [5.74, 6) is 0.791. The molecule has 0 saturated heterocycles. The van der Waals surface area contributed by atoms with Crippen molar-refractivity contribution in [3.63, 3.8) is 0 Å². The first-order chi connectivity index (χ1) is 8.72. The molecule has 18 heavy (non-hydrogen) atoms. The number of aryl methyl sites for hydroxylation is 1. The highest BCUT2D eigenvalue weighted by molar-refractivity contribution is 5.81. The summed E-state index contributed by atoms with van der Waals surface area (Å²) in [7, 11) is 2.01. The minimum Gasteiger partial charge on any atom is -0.343 e. The van der Waals surface area contributed by atoms with Gasteiger partial charge >= 0.3 is 0 Å². The second-order valence-electron chi connectivity index (χ2n) is 5.41. The first-order valence-electron chi connectivity index (χ1n) is 6.94. The summed E-state index contributed by atoms with van der Waals surface area (Å²) in [6.45, 7) is 6.66. The van der Waals surface area contributed by atoms with E-state index in [1.807, 2.05) is 7.05 Å². The molecule has 0 radical (unpaired) electrons. The number of para-hydroxylation sites is 1. The molecule has 0 aliphatic rings. The minimum atomic E-state index is 0.791. The van der Waals surface area contributed by atoms with Crippen LogP contribution in [-0.4, -0.2) is 11.6 Å². The third-order valence-electron chi connectivity index (χ3n) is 3.42. The van der Waals surface area contributed by atoms with Crippen LogP contribution >= 0.6 is 0 Å². The van der Waals surface area contributed by atoms with E-state index in [0.29, 0.717) is 0 Å². The zero-order valence-corrected chi connectivity index (χ0v) is 11.7. The summed E-state index contributed by atoms with van der Waals surface area (Å²) in [5.41, 5.74) is 2.76. The molecule has 0 saturated carbocycles. The molecule has 2 rings (SSSR count). The Labute approximate surface area is 110 Å². The van der Waals surface area contributed by atoms with Crippen LogP contribution in [-0.2, 0) is 13.1 Å². The van der Waals surface area contributed by atoms with E-state index in [1.54, 1.807) is 0 Å². The van der Waals surface area contributed by atoms with E-state index < -0.39 is 0 Å². The number of nitrogens with one attached hydrogen (secondary N) is 1. The van der Waals surface area contributed by atoms with Gasteiger partial charge in [0, 0.05) is 24.3 Å². The lowest BCUT2D eigenvalue weighted by molar-refractivity contribution is 0.509. The maximum Gasteiger partial charge on any atom is 0.0482 e. The zero-order valence-electron chi connectivity index (χ0n) is 11.7. The van der Waals surface area contributed by atoms with Crippen LogP contribution in [0.3, 0.4) is 0 Å². The lowest BCUT2D eigenvalue weighted by atomic mass is 10.1. The Bertz CT molecular complexity index is 497. The number of aromatic nitrogens is 1. The number of rotatable bonds is 6. The molecule has 0 amide bonds. The Morgan fingerprint density at radius 2 is 2.00 bits per heavy atom. The minimum absolute atomic E-state index is 0.791. The highest BCUT2D eigenvalue weighted by Gasteiger charge is 2.07. The first kappa shape index (κ1) is 13.2. The average Bonchev–Trinajstić information content (AvgIpc) is 2.68. The van der Waals surface area contributed by atoms with Gasteiger partial charge in [0.05, 0.1) is 0 Å². The van der Waals surface area contributed by atoms with Crippen LogP contribution < -0.4 is 5.32 Å². The SMILES string of the molecule is CNCc1cc2ccccc2n1CCCC(C)C. The first-order valence-corrected chi connectivity index (χ1v) is 6.94. The van der Waals surface area contributed by atoms with Crippen molar-refractivity contribution in [2.24, 2.45) is 5.92 Å². The molecular formula is C16H24N2. The molecule has 98 valence electrons. The predicted molar refractivity (Wildman–Crippen MR) is 78.8 cm³/mol. The van der Waals surface area contributed by atoms with Gasteiger partial charge in [-0.1, -0.05) is 32.0 Å². The van der Waals surface area contributed by atoms with E-state index in [4.69, 9.17) is 0 Å². The summed E-state index contributed by atoms with van der Waals surface area (Å²) < 4.78 is 2.47. The second-order valence-corrected chi connectivity index (χ2v) is 5.41. The van der Waals surface area contributed by atoms with E-state index in [2.05, 4.69) is 54.1 Å². The fraction of sp³-hybridized carbons (Fsp3) is 0.500. The molecule has 0 bridgehead atoms. The van der Waals surface area contributed by atoms with Crippen molar-refractivity contribution in [3.8, 4) is 0 Å². The fourth-order valence-electron chi connectivity index (χ4n) is 2.52. The van der Waals surface area contributed by atoms with E-state index in [-0.39, 0.29) is 0 Å². The molecule has 0 fully saturated rings. The van der Waals surface area contributed by atoms with E-state index in [1.165, 1.54) is 29.4 Å². The molecule has 1 heterocycles. The highest BCUT2D eigenvalue weighted by atomic mass is 15.0. The van der Waals surface area contributed by atoms with Gasteiger partial charge in [-0.25, -0.2) is 0 Å². The Hall–Kier alpha value is -1.28. The van der Waals surface area contributed by atoms with Crippen molar-refractivity contribution in [1.29, 1.82) is 0 Å². The largest absolute Gasteiger partial charge is 0.343 e. The molecule has 0 aliphatic heterocycles. The maximum absolute atomic E-state index is 3.26. The monoisotopic (exact) mass is 244 g/mol. The summed E-state index contributed by atoms with van der Waals surface area (Å²) in [6, 6.07) is 11.0. The van der Waals surface area contributed by atoms with Crippen LogP contribution in [0, 0.1) is 5.92 Å². The third-order valence-corrected chi connectivity index (χ3v) is 3.42. The van der Waals surface area contributed by atoms with Crippen LogP contribution in [0.1, 0.15) is 32.4 Å². The maximum atomic E-state index is 3.26. The zero-order chi connectivity index (χ0) is 13.0. The Morgan fingerprint density at radius 3 is 2.72 bits per heavy atom. The van der Waals surface area contributed by atoms with Crippen molar-refractivity contribution >= 4 is 10.9 Å². The summed E-state index contributed by atoms with van der Waals surface area (Å²) in [6.07, 6.45) is 2.55. The van der Waals surface area contributed by atoms with Crippen molar-refractivity contribution in [2.45, 2.75) is 39.8 Å². The topological polar surface area (TPSA) is 17.0 Å². The van der Waals surface area contributed by atoms with Crippen molar-refractivity contribution < 1.29 is 0 Å². The predicted octanol–water partition coefficient (Wildman–Crippen LogP) is 3.80. The molecule has 0 unspecified atom stereocenters. The number of benzene rings is 1. The Kier molecular flexibility index (Phi) is 4.43. The van der Waals surface area contributed by atoms with E-state index in [9.17, 15) is 0 Å². The molecule has 1 N–H and O–H groups in total.